The normalized spacial score (nSPS) is 26.8. The van der Waals surface area contributed by atoms with Gasteiger partial charge in [0.1, 0.15) is 6.10 Å². The molecule has 72 valence electrons. The molecule has 0 aliphatic carbocycles. The van der Waals surface area contributed by atoms with Gasteiger partial charge in [-0.05, 0) is 19.3 Å². The highest BCUT2D eigenvalue weighted by atomic mass is 16.6. The van der Waals surface area contributed by atoms with Crippen LogP contribution in [0.25, 0.3) is 0 Å². The molecule has 0 aromatic carbocycles. The molecule has 0 bridgehead atoms. The third kappa shape index (κ3) is 4.07. The summed E-state index contributed by atoms with van der Waals surface area (Å²) >= 11 is 0. The van der Waals surface area contributed by atoms with E-state index in [0.717, 1.165) is 19.1 Å². The number of hydrogen-bond acceptors (Lipinski definition) is 2. The van der Waals surface area contributed by atoms with Crippen molar-refractivity contribution in [1.29, 1.82) is 0 Å². The van der Waals surface area contributed by atoms with Crippen molar-refractivity contribution in [2.75, 3.05) is 13.2 Å². The number of rotatable bonds is 6. The molecule has 12 heavy (non-hydrogen) atoms. The molecule has 0 saturated carbocycles. The summed E-state index contributed by atoms with van der Waals surface area (Å²) in [6.45, 7) is 8.33. The Morgan fingerprint density at radius 2 is 2.17 bits per heavy atom. The van der Waals surface area contributed by atoms with E-state index in [1.54, 1.807) is 0 Å². The van der Waals surface area contributed by atoms with Gasteiger partial charge in [0.05, 0.1) is 19.3 Å². The molecule has 0 N–H and O–H groups in total. The highest BCUT2D eigenvalue weighted by Crippen LogP contribution is 2.15. The zero-order chi connectivity index (χ0) is 8.97. The van der Waals surface area contributed by atoms with Crippen LogP contribution < -0.4 is 0 Å². The first-order valence-electron chi connectivity index (χ1n) is 4.95. The summed E-state index contributed by atoms with van der Waals surface area (Å²) in [5.41, 5.74) is 0. The lowest BCUT2D eigenvalue weighted by atomic mass is 10.0. The molecule has 1 heterocycles. The zero-order valence-corrected chi connectivity index (χ0v) is 8.38. The van der Waals surface area contributed by atoms with E-state index < -0.39 is 0 Å². The maximum atomic E-state index is 5.61. The second-order valence-electron chi connectivity index (χ2n) is 3.85. The number of epoxide rings is 1. The Bertz CT molecular complexity index is 121. The Kier molecular flexibility index (Phi) is 4.02. The lowest BCUT2D eigenvalue weighted by Gasteiger charge is -2.15. The van der Waals surface area contributed by atoms with Gasteiger partial charge in [-0.2, -0.15) is 0 Å². The van der Waals surface area contributed by atoms with Gasteiger partial charge in [-0.25, -0.2) is 0 Å². The molecule has 0 spiro atoms. The molecule has 0 aromatic rings. The van der Waals surface area contributed by atoms with E-state index in [0.29, 0.717) is 12.2 Å². The summed E-state index contributed by atoms with van der Waals surface area (Å²) < 4.78 is 10.7. The fraction of sp³-hybridized carbons (Fsp3) is 1.00. The first-order chi connectivity index (χ1) is 5.72. The van der Waals surface area contributed by atoms with Crippen LogP contribution in [-0.2, 0) is 9.47 Å². The van der Waals surface area contributed by atoms with Crippen LogP contribution in [0.1, 0.15) is 33.6 Å². The van der Waals surface area contributed by atoms with E-state index in [1.807, 2.05) is 0 Å². The van der Waals surface area contributed by atoms with Crippen molar-refractivity contribution in [1.82, 2.24) is 0 Å². The van der Waals surface area contributed by atoms with Gasteiger partial charge in [0.2, 0.25) is 0 Å². The first kappa shape index (κ1) is 10.0. The van der Waals surface area contributed by atoms with Crippen LogP contribution >= 0.6 is 0 Å². The summed E-state index contributed by atoms with van der Waals surface area (Å²) in [5, 5.41) is 0. The van der Waals surface area contributed by atoms with Crippen LogP contribution in [0.2, 0.25) is 0 Å². The standard InChI is InChI=1S/C10H20O2/c1-4-8(2)5-9(3)11-6-10-7-12-10/h8-10H,4-7H2,1-3H3. The quantitative estimate of drug-likeness (QED) is 0.573. The summed E-state index contributed by atoms with van der Waals surface area (Å²) in [4.78, 5) is 0. The first-order valence-corrected chi connectivity index (χ1v) is 4.95. The van der Waals surface area contributed by atoms with E-state index in [9.17, 15) is 0 Å². The van der Waals surface area contributed by atoms with Gasteiger partial charge in [-0.3, -0.25) is 0 Å². The van der Waals surface area contributed by atoms with Gasteiger partial charge in [-0.1, -0.05) is 20.3 Å². The van der Waals surface area contributed by atoms with Crippen LogP contribution in [0.15, 0.2) is 0 Å². The van der Waals surface area contributed by atoms with Crippen LogP contribution in [-0.4, -0.2) is 25.4 Å². The van der Waals surface area contributed by atoms with E-state index in [1.165, 1.54) is 12.8 Å². The Morgan fingerprint density at radius 1 is 1.50 bits per heavy atom. The molecule has 0 radical (unpaired) electrons. The molecule has 0 aromatic heterocycles. The second-order valence-corrected chi connectivity index (χ2v) is 3.85. The molecular weight excluding hydrogens is 152 g/mol. The second kappa shape index (κ2) is 4.83. The molecule has 3 unspecified atom stereocenters. The predicted octanol–water partition coefficient (Wildman–Crippen LogP) is 2.23. The third-order valence-corrected chi connectivity index (χ3v) is 2.40. The number of ether oxygens (including phenoxy) is 2. The molecule has 1 aliphatic rings. The van der Waals surface area contributed by atoms with Gasteiger partial charge >= 0.3 is 0 Å². The topological polar surface area (TPSA) is 21.8 Å². The minimum atomic E-state index is 0.393. The monoisotopic (exact) mass is 172 g/mol. The lowest BCUT2D eigenvalue weighted by molar-refractivity contribution is 0.0400. The minimum absolute atomic E-state index is 0.393. The average molecular weight is 172 g/mol. The van der Waals surface area contributed by atoms with Crippen molar-refractivity contribution in [2.45, 2.75) is 45.8 Å². The minimum Gasteiger partial charge on any atom is -0.376 e. The van der Waals surface area contributed by atoms with Crippen LogP contribution in [0.4, 0.5) is 0 Å². The highest BCUT2D eigenvalue weighted by Gasteiger charge is 2.23. The van der Waals surface area contributed by atoms with Crippen molar-refractivity contribution in [3.8, 4) is 0 Å². The molecular formula is C10H20O2. The summed E-state index contributed by atoms with van der Waals surface area (Å²) in [6.07, 6.45) is 3.21. The molecule has 3 atom stereocenters. The van der Waals surface area contributed by atoms with Crippen molar-refractivity contribution in [3.63, 3.8) is 0 Å². The molecule has 1 saturated heterocycles. The summed E-state index contributed by atoms with van der Waals surface area (Å²) in [6, 6.07) is 0. The van der Waals surface area contributed by atoms with Crippen molar-refractivity contribution in [3.05, 3.63) is 0 Å². The predicted molar refractivity (Wildman–Crippen MR) is 49.2 cm³/mol. The molecule has 1 aliphatic heterocycles. The van der Waals surface area contributed by atoms with Crippen molar-refractivity contribution < 1.29 is 9.47 Å². The summed E-state index contributed by atoms with van der Waals surface area (Å²) in [5.74, 6) is 0.778. The summed E-state index contributed by atoms with van der Waals surface area (Å²) in [7, 11) is 0. The Labute approximate surface area is 75.2 Å². The van der Waals surface area contributed by atoms with E-state index in [4.69, 9.17) is 9.47 Å². The van der Waals surface area contributed by atoms with E-state index >= 15 is 0 Å². The van der Waals surface area contributed by atoms with Crippen LogP contribution in [0.3, 0.4) is 0 Å². The van der Waals surface area contributed by atoms with Gasteiger partial charge in [0.15, 0.2) is 0 Å². The van der Waals surface area contributed by atoms with Gasteiger partial charge < -0.3 is 9.47 Å². The van der Waals surface area contributed by atoms with E-state index in [-0.39, 0.29) is 0 Å². The fourth-order valence-corrected chi connectivity index (χ4v) is 1.24. The van der Waals surface area contributed by atoms with Crippen molar-refractivity contribution >= 4 is 0 Å². The zero-order valence-electron chi connectivity index (χ0n) is 8.38. The van der Waals surface area contributed by atoms with Crippen molar-refractivity contribution in [2.24, 2.45) is 5.92 Å². The Balaban J connectivity index is 1.97. The maximum Gasteiger partial charge on any atom is 0.104 e. The Hall–Kier alpha value is -0.0800. The SMILES string of the molecule is CCC(C)CC(C)OCC1CO1. The number of hydrogen-bond donors (Lipinski definition) is 0. The molecule has 1 rings (SSSR count). The maximum absolute atomic E-state index is 5.61. The Morgan fingerprint density at radius 3 is 2.67 bits per heavy atom. The van der Waals surface area contributed by atoms with Gasteiger partial charge in [0, 0.05) is 0 Å². The van der Waals surface area contributed by atoms with Gasteiger partial charge in [-0.15, -0.1) is 0 Å². The van der Waals surface area contributed by atoms with E-state index in [2.05, 4.69) is 20.8 Å². The molecule has 0 amide bonds. The molecule has 1 fully saturated rings. The van der Waals surface area contributed by atoms with Gasteiger partial charge in [0.25, 0.3) is 0 Å². The third-order valence-electron chi connectivity index (χ3n) is 2.40. The lowest BCUT2D eigenvalue weighted by Crippen LogP contribution is -2.15. The van der Waals surface area contributed by atoms with Crippen LogP contribution in [0, 0.1) is 5.92 Å². The highest BCUT2D eigenvalue weighted by molar-refractivity contribution is 4.68. The fourth-order valence-electron chi connectivity index (χ4n) is 1.24. The van der Waals surface area contributed by atoms with Crippen LogP contribution in [0.5, 0.6) is 0 Å². The smallest absolute Gasteiger partial charge is 0.104 e. The largest absolute Gasteiger partial charge is 0.376 e. The average Bonchev–Trinajstić information content (AvgIpc) is 2.83. The molecule has 2 nitrogen and oxygen atoms in total. The molecule has 2 heteroatoms.